The second kappa shape index (κ2) is 6.81. The molecule has 2 atom stereocenters. The summed E-state index contributed by atoms with van der Waals surface area (Å²) >= 11 is 0. The molecule has 1 fully saturated rings. The molecule has 1 aliphatic rings. The van der Waals surface area contributed by atoms with Gasteiger partial charge in [-0.3, -0.25) is 9.69 Å². The van der Waals surface area contributed by atoms with E-state index in [0.29, 0.717) is 25.0 Å². The average molecular weight is 279 g/mol. The summed E-state index contributed by atoms with van der Waals surface area (Å²) in [6, 6.07) is 7.10. The van der Waals surface area contributed by atoms with Crippen molar-refractivity contribution in [3.8, 4) is 0 Å². The predicted molar refractivity (Wildman–Crippen MR) is 78.1 cm³/mol. The van der Waals surface area contributed by atoms with Crippen LogP contribution in [0.15, 0.2) is 24.3 Å². The number of carbonyl (C=O) groups excluding carboxylic acids is 1. The third kappa shape index (κ3) is 4.28. The smallest absolute Gasteiger partial charge is 0.225 e. The van der Waals surface area contributed by atoms with Crippen LogP contribution >= 0.6 is 0 Å². The molecule has 1 heterocycles. The number of nitrogens with zero attached hydrogens (tertiary/aromatic N) is 1. The standard InChI is InChI=1S/C15H22FN3O/c1-11-9-19(10-12(2)17-11)8-7-15(20)18-14-6-4-3-5-13(14)16/h3-6,11-12,17H,7-10H2,1-2H3,(H,18,20). The molecule has 2 N–H and O–H groups in total. The SMILES string of the molecule is CC1CN(CCC(=O)Nc2ccccc2F)CC(C)N1. The number of amides is 1. The Balaban J connectivity index is 1.79. The maximum atomic E-state index is 13.4. The monoisotopic (exact) mass is 279 g/mol. The summed E-state index contributed by atoms with van der Waals surface area (Å²) in [7, 11) is 0. The van der Waals surface area contributed by atoms with Gasteiger partial charge in [0.1, 0.15) is 5.82 Å². The van der Waals surface area contributed by atoms with Crippen molar-refractivity contribution < 1.29 is 9.18 Å². The van der Waals surface area contributed by atoms with Gasteiger partial charge in [0.05, 0.1) is 5.69 Å². The van der Waals surface area contributed by atoms with Crippen LogP contribution < -0.4 is 10.6 Å². The van der Waals surface area contributed by atoms with Crippen molar-refractivity contribution in [2.24, 2.45) is 0 Å². The summed E-state index contributed by atoms with van der Waals surface area (Å²) < 4.78 is 13.4. The quantitative estimate of drug-likeness (QED) is 0.884. The Morgan fingerprint density at radius 2 is 2.00 bits per heavy atom. The number of para-hydroxylation sites is 1. The molecule has 110 valence electrons. The molecule has 1 aromatic rings. The molecular formula is C15H22FN3O. The van der Waals surface area contributed by atoms with E-state index in [2.05, 4.69) is 29.4 Å². The van der Waals surface area contributed by atoms with Gasteiger partial charge in [0, 0.05) is 38.1 Å². The lowest BCUT2D eigenvalue weighted by atomic mass is 10.1. The topological polar surface area (TPSA) is 44.4 Å². The number of hydrogen-bond donors (Lipinski definition) is 2. The molecule has 0 bridgehead atoms. The fraction of sp³-hybridized carbons (Fsp3) is 0.533. The zero-order valence-corrected chi connectivity index (χ0v) is 12.0. The van der Waals surface area contributed by atoms with Crippen molar-refractivity contribution in [3.63, 3.8) is 0 Å². The Morgan fingerprint density at radius 3 is 2.65 bits per heavy atom. The molecule has 0 aromatic heterocycles. The van der Waals surface area contributed by atoms with Crippen molar-refractivity contribution >= 4 is 11.6 Å². The molecule has 1 saturated heterocycles. The second-order valence-electron chi connectivity index (χ2n) is 5.51. The van der Waals surface area contributed by atoms with Crippen LogP contribution in [-0.4, -0.2) is 42.5 Å². The molecule has 4 nitrogen and oxygen atoms in total. The van der Waals surface area contributed by atoms with E-state index in [0.717, 1.165) is 13.1 Å². The maximum Gasteiger partial charge on any atom is 0.225 e. The third-order valence-corrected chi connectivity index (χ3v) is 3.44. The van der Waals surface area contributed by atoms with Crippen LogP contribution in [0.3, 0.4) is 0 Å². The lowest BCUT2D eigenvalue weighted by molar-refractivity contribution is -0.116. The largest absolute Gasteiger partial charge is 0.324 e. The summed E-state index contributed by atoms with van der Waals surface area (Å²) in [6.07, 6.45) is 0.383. The summed E-state index contributed by atoms with van der Waals surface area (Å²) in [6.45, 7) is 6.87. The summed E-state index contributed by atoms with van der Waals surface area (Å²) in [4.78, 5) is 14.1. The average Bonchev–Trinajstić information content (AvgIpc) is 2.38. The molecule has 2 rings (SSSR count). The third-order valence-electron chi connectivity index (χ3n) is 3.44. The normalized spacial score (nSPS) is 23.6. The highest BCUT2D eigenvalue weighted by molar-refractivity contribution is 5.90. The van der Waals surface area contributed by atoms with Gasteiger partial charge in [-0.25, -0.2) is 4.39 Å². The lowest BCUT2D eigenvalue weighted by Gasteiger charge is -2.35. The van der Waals surface area contributed by atoms with Crippen LogP contribution in [0.4, 0.5) is 10.1 Å². The Bertz CT molecular complexity index is 456. The molecule has 2 unspecified atom stereocenters. The minimum absolute atomic E-state index is 0.145. The number of rotatable bonds is 4. The number of anilines is 1. The second-order valence-corrected chi connectivity index (χ2v) is 5.51. The fourth-order valence-corrected chi connectivity index (χ4v) is 2.66. The highest BCUT2D eigenvalue weighted by Gasteiger charge is 2.21. The van der Waals surface area contributed by atoms with E-state index < -0.39 is 5.82 Å². The number of piperazine rings is 1. The van der Waals surface area contributed by atoms with Gasteiger partial charge in [0.2, 0.25) is 5.91 Å². The van der Waals surface area contributed by atoms with Crippen LogP contribution in [0, 0.1) is 5.82 Å². The van der Waals surface area contributed by atoms with Crippen molar-refractivity contribution in [1.82, 2.24) is 10.2 Å². The van der Waals surface area contributed by atoms with Crippen LogP contribution in [0.25, 0.3) is 0 Å². The molecule has 1 aliphatic heterocycles. The van der Waals surface area contributed by atoms with Crippen LogP contribution in [0.2, 0.25) is 0 Å². The summed E-state index contributed by atoms with van der Waals surface area (Å²) in [5.74, 6) is -0.542. The first-order valence-electron chi connectivity index (χ1n) is 7.07. The van der Waals surface area contributed by atoms with E-state index in [4.69, 9.17) is 0 Å². The van der Waals surface area contributed by atoms with E-state index in [1.54, 1.807) is 18.2 Å². The molecular weight excluding hydrogens is 257 g/mol. The molecule has 0 spiro atoms. The molecule has 20 heavy (non-hydrogen) atoms. The van der Waals surface area contributed by atoms with Gasteiger partial charge in [-0.1, -0.05) is 12.1 Å². The minimum Gasteiger partial charge on any atom is -0.324 e. The minimum atomic E-state index is -0.398. The number of carbonyl (C=O) groups is 1. The number of benzene rings is 1. The zero-order valence-electron chi connectivity index (χ0n) is 12.0. The molecule has 5 heteroatoms. The van der Waals surface area contributed by atoms with E-state index in [1.165, 1.54) is 6.07 Å². The van der Waals surface area contributed by atoms with Crippen molar-refractivity contribution in [2.75, 3.05) is 25.0 Å². The Hall–Kier alpha value is -1.46. The maximum absolute atomic E-state index is 13.4. The molecule has 1 aromatic carbocycles. The Morgan fingerprint density at radius 1 is 1.35 bits per heavy atom. The van der Waals surface area contributed by atoms with Gasteiger partial charge in [-0.2, -0.15) is 0 Å². The Kier molecular flexibility index (Phi) is 5.09. The van der Waals surface area contributed by atoms with Crippen molar-refractivity contribution in [2.45, 2.75) is 32.4 Å². The fourth-order valence-electron chi connectivity index (χ4n) is 2.66. The lowest BCUT2D eigenvalue weighted by Crippen LogP contribution is -2.54. The first kappa shape index (κ1) is 14.9. The first-order valence-corrected chi connectivity index (χ1v) is 7.07. The molecule has 1 amide bonds. The first-order chi connectivity index (χ1) is 9.54. The zero-order chi connectivity index (χ0) is 14.5. The van der Waals surface area contributed by atoms with E-state index in [-0.39, 0.29) is 11.6 Å². The van der Waals surface area contributed by atoms with E-state index >= 15 is 0 Å². The van der Waals surface area contributed by atoms with Gasteiger partial charge >= 0.3 is 0 Å². The number of halogens is 1. The van der Waals surface area contributed by atoms with Gasteiger partial charge in [0.15, 0.2) is 0 Å². The molecule has 0 saturated carbocycles. The van der Waals surface area contributed by atoms with E-state index in [9.17, 15) is 9.18 Å². The Labute approximate surface area is 119 Å². The molecule has 0 aliphatic carbocycles. The van der Waals surface area contributed by atoms with Crippen LogP contribution in [0.5, 0.6) is 0 Å². The van der Waals surface area contributed by atoms with Gasteiger partial charge in [0.25, 0.3) is 0 Å². The predicted octanol–water partition coefficient (Wildman–Crippen LogP) is 1.84. The van der Waals surface area contributed by atoms with Gasteiger partial charge < -0.3 is 10.6 Å². The van der Waals surface area contributed by atoms with Gasteiger partial charge in [-0.05, 0) is 26.0 Å². The summed E-state index contributed by atoms with van der Waals surface area (Å²) in [5.41, 5.74) is 0.250. The molecule has 0 radical (unpaired) electrons. The van der Waals surface area contributed by atoms with Crippen LogP contribution in [-0.2, 0) is 4.79 Å². The number of hydrogen-bond acceptors (Lipinski definition) is 3. The highest BCUT2D eigenvalue weighted by atomic mass is 19.1. The van der Waals surface area contributed by atoms with Crippen molar-refractivity contribution in [1.29, 1.82) is 0 Å². The highest BCUT2D eigenvalue weighted by Crippen LogP contribution is 2.13. The van der Waals surface area contributed by atoms with E-state index in [1.807, 2.05) is 0 Å². The van der Waals surface area contributed by atoms with Gasteiger partial charge in [-0.15, -0.1) is 0 Å². The van der Waals surface area contributed by atoms with Crippen molar-refractivity contribution in [3.05, 3.63) is 30.1 Å². The number of nitrogens with one attached hydrogen (secondary N) is 2. The summed E-state index contributed by atoms with van der Waals surface area (Å²) in [5, 5.41) is 6.07. The van der Waals surface area contributed by atoms with Crippen LogP contribution in [0.1, 0.15) is 20.3 Å².